The third-order valence-corrected chi connectivity index (χ3v) is 5.66. The molecule has 0 aromatic carbocycles. The summed E-state index contributed by atoms with van der Waals surface area (Å²) in [6.07, 6.45) is -6.81. The van der Waals surface area contributed by atoms with E-state index in [4.69, 9.17) is 29.1 Å². The van der Waals surface area contributed by atoms with Crippen LogP contribution in [0, 0.1) is 13.8 Å². The van der Waals surface area contributed by atoms with Gasteiger partial charge in [0.25, 0.3) is 5.91 Å². The van der Waals surface area contributed by atoms with Gasteiger partial charge in [-0.1, -0.05) is 5.16 Å². The van der Waals surface area contributed by atoms with E-state index >= 15 is 0 Å². The number of carboxylic acids is 2. The molecule has 0 spiro atoms. The predicted molar refractivity (Wildman–Crippen MR) is 117 cm³/mol. The van der Waals surface area contributed by atoms with Crippen molar-refractivity contribution in [3.05, 3.63) is 47.1 Å². The van der Waals surface area contributed by atoms with Gasteiger partial charge in [-0.05, 0) is 26.0 Å². The third kappa shape index (κ3) is 8.91. The number of aliphatic carboxylic acids is 2. The van der Waals surface area contributed by atoms with Gasteiger partial charge in [-0.2, -0.15) is 26.3 Å². The van der Waals surface area contributed by atoms with E-state index in [-0.39, 0.29) is 18.1 Å². The van der Waals surface area contributed by atoms with Gasteiger partial charge in [0.1, 0.15) is 5.76 Å². The van der Waals surface area contributed by atoms with Crippen molar-refractivity contribution in [2.24, 2.45) is 0 Å². The van der Waals surface area contributed by atoms with Crippen molar-refractivity contribution >= 4 is 17.8 Å². The zero-order valence-electron chi connectivity index (χ0n) is 20.5. The number of aryl methyl sites for hydroxylation is 2. The standard InChI is InChI=1S/C18H22N4O3.2C2HF3O2/c1-12-15(13(2)25-20-12)9-21-7-8-24-17-11-22(10-16(17)21)18(23)14-3-5-19-6-4-14;2*3-2(4,5)1(6)7/h3-6,16-17H,7-11H2,1-2H3;2*(H,6,7)/t16-,17+;;/m1../s1. The molecule has 0 radical (unpaired) electrons. The third-order valence-electron chi connectivity index (χ3n) is 5.66. The number of nitrogens with zero attached hydrogens (tertiary/aromatic N) is 4. The summed E-state index contributed by atoms with van der Waals surface area (Å²) in [6, 6.07) is 3.72. The van der Waals surface area contributed by atoms with Gasteiger partial charge in [-0.3, -0.25) is 14.7 Å². The first-order valence-electron chi connectivity index (χ1n) is 11.1. The smallest absolute Gasteiger partial charge is 0.475 e. The number of carbonyl (C=O) groups is 3. The molecule has 0 bridgehead atoms. The maximum Gasteiger partial charge on any atom is 0.490 e. The lowest BCUT2D eigenvalue weighted by molar-refractivity contribution is -0.193. The fourth-order valence-corrected chi connectivity index (χ4v) is 3.73. The molecule has 11 nitrogen and oxygen atoms in total. The van der Waals surface area contributed by atoms with Crippen molar-refractivity contribution < 1.29 is 60.2 Å². The summed E-state index contributed by atoms with van der Waals surface area (Å²) in [5.74, 6) is -4.61. The number of morpholine rings is 1. The Morgan fingerprint density at radius 2 is 1.54 bits per heavy atom. The van der Waals surface area contributed by atoms with Crippen molar-refractivity contribution in [3.63, 3.8) is 0 Å². The fourth-order valence-electron chi connectivity index (χ4n) is 3.73. The molecule has 2 aromatic rings. The number of carbonyl (C=O) groups excluding carboxylic acids is 1. The Labute approximate surface area is 216 Å². The minimum Gasteiger partial charge on any atom is -0.475 e. The molecule has 2 aliphatic rings. The topological polar surface area (TPSA) is 146 Å². The highest BCUT2D eigenvalue weighted by Gasteiger charge is 2.42. The van der Waals surface area contributed by atoms with E-state index in [1.807, 2.05) is 18.7 Å². The normalized spacial score (nSPS) is 19.2. The second-order valence-corrected chi connectivity index (χ2v) is 8.30. The minimum absolute atomic E-state index is 0.0395. The zero-order valence-corrected chi connectivity index (χ0v) is 20.5. The molecule has 0 aliphatic carbocycles. The van der Waals surface area contributed by atoms with Crippen LogP contribution in [0.1, 0.15) is 27.4 Å². The van der Waals surface area contributed by atoms with Crippen LogP contribution in [-0.4, -0.2) is 98.7 Å². The molecule has 2 aliphatic heterocycles. The number of pyridine rings is 1. The monoisotopic (exact) mass is 570 g/mol. The SMILES string of the molecule is Cc1noc(C)c1CN1CCO[C@H]2CN(C(=O)c3ccncc3)C[C@H]21.O=C(O)C(F)(F)F.O=C(O)C(F)(F)F. The van der Waals surface area contributed by atoms with Crippen molar-refractivity contribution in [2.45, 2.75) is 44.9 Å². The molecule has 4 heterocycles. The zero-order chi connectivity index (χ0) is 29.5. The molecule has 2 N–H and O–H groups in total. The summed E-state index contributed by atoms with van der Waals surface area (Å²) >= 11 is 0. The van der Waals surface area contributed by atoms with Crippen molar-refractivity contribution in [2.75, 3.05) is 26.2 Å². The quantitative estimate of drug-likeness (QED) is 0.528. The lowest BCUT2D eigenvalue weighted by Gasteiger charge is -2.36. The van der Waals surface area contributed by atoms with Gasteiger partial charge in [-0.15, -0.1) is 0 Å². The van der Waals surface area contributed by atoms with E-state index in [2.05, 4.69) is 15.0 Å². The summed E-state index contributed by atoms with van der Waals surface area (Å²) in [4.78, 5) is 38.8. The van der Waals surface area contributed by atoms with E-state index in [1.165, 1.54) is 0 Å². The fraction of sp³-hybridized carbons (Fsp3) is 0.500. The van der Waals surface area contributed by atoms with Gasteiger partial charge in [-0.25, -0.2) is 9.59 Å². The molecule has 2 fully saturated rings. The van der Waals surface area contributed by atoms with Crippen molar-refractivity contribution in [3.8, 4) is 0 Å². The molecule has 2 saturated heterocycles. The molecular weight excluding hydrogens is 546 g/mol. The second-order valence-electron chi connectivity index (χ2n) is 8.30. The van der Waals surface area contributed by atoms with E-state index in [0.29, 0.717) is 25.3 Å². The molecule has 4 rings (SSSR count). The van der Waals surface area contributed by atoms with Crippen LogP contribution in [0.15, 0.2) is 29.0 Å². The van der Waals surface area contributed by atoms with Crippen LogP contribution in [0.5, 0.6) is 0 Å². The Bertz CT molecular complexity index is 1100. The molecule has 17 heteroatoms. The number of fused-ring (bicyclic) bond motifs is 1. The molecule has 2 atom stereocenters. The molecule has 0 saturated carbocycles. The average Bonchev–Trinajstić information content (AvgIpc) is 3.43. The molecule has 1 amide bonds. The summed E-state index contributed by atoms with van der Waals surface area (Å²) < 4.78 is 74.7. The molecule has 39 heavy (non-hydrogen) atoms. The van der Waals surface area contributed by atoms with E-state index < -0.39 is 24.3 Å². The Balaban J connectivity index is 0.000000317. The number of rotatable bonds is 3. The minimum atomic E-state index is -5.08. The van der Waals surface area contributed by atoms with Crippen LogP contribution in [-0.2, 0) is 20.9 Å². The maximum absolute atomic E-state index is 12.7. The average molecular weight is 570 g/mol. The number of hydrogen-bond acceptors (Lipinski definition) is 8. The maximum atomic E-state index is 12.7. The van der Waals surface area contributed by atoms with Crippen LogP contribution in [0.2, 0.25) is 0 Å². The van der Waals surface area contributed by atoms with Gasteiger partial charge < -0.3 is 24.4 Å². The highest BCUT2D eigenvalue weighted by atomic mass is 19.4. The first-order valence-corrected chi connectivity index (χ1v) is 11.1. The van der Waals surface area contributed by atoms with Crippen LogP contribution < -0.4 is 0 Å². The van der Waals surface area contributed by atoms with Crippen LogP contribution in [0.25, 0.3) is 0 Å². The van der Waals surface area contributed by atoms with Crippen molar-refractivity contribution in [1.82, 2.24) is 19.9 Å². The number of likely N-dealkylation sites (tertiary alicyclic amines) is 1. The van der Waals surface area contributed by atoms with Gasteiger partial charge in [0.15, 0.2) is 0 Å². The Hall–Kier alpha value is -3.73. The molecule has 2 aromatic heterocycles. The van der Waals surface area contributed by atoms with E-state index in [1.54, 1.807) is 24.5 Å². The highest BCUT2D eigenvalue weighted by molar-refractivity contribution is 5.94. The summed E-state index contributed by atoms with van der Waals surface area (Å²) in [5.41, 5.74) is 2.74. The van der Waals surface area contributed by atoms with Gasteiger partial charge in [0.2, 0.25) is 0 Å². The number of carboxylic acid groups (broad SMARTS) is 2. The number of alkyl halides is 6. The summed E-state index contributed by atoms with van der Waals surface area (Å²) in [6.45, 7) is 7.53. The number of hydrogen-bond donors (Lipinski definition) is 2. The lowest BCUT2D eigenvalue weighted by Crippen LogP contribution is -2.50. The first-order chi connectivity index (χ1) is 18.0. The lowest BCUT2D eigenvalue weighted by atomic mass is 10.1. The second kappa shape index (κ2) is 12.9. The van der Waals surface area contributed by atoms with Gasteiger partial charge in [0.05, 0.1) is 24.4 Å². The molecule has 0 unspecified atom stereocenters. The largest absolute Gasteiger partial charge is 0.490 e. The molecule has 216 valence electrons. The Morgan fingerprint density at radius 3 is 2.00 bits per heavy atom. The van der Waals surface area contributed by atoms with Crippen LogP contribution in [0.3, 0.4) is 0 Å². The van der Waals surface area contributed by atoms with Crippen LogP contribution >= 0.6 is 0 Å². The number of aromatic nitrogens is 2. The Kier molecular flexibility index (Phi) is 10.4. The van der Waals surface area contributed by atoms with Gasteiger partial charge >= 0.3 is 24.3 Å². The Morgan fingerprint density at radius 1 is 1.00 bits per heavy atom. The van der Waals surface area contributed by atoms with Crippen LogP contribution in [0.4, 0.5) is 26.3 Å². The van der Waals surface area contributed by atoms with Crippen molar-refractivity contribution in [1.29, 1.82) is 0 Å². The predicted octanol–water partition coefficient (Wildman–Crippen LogP) is 2.68. The highest BCUT2D eigenvalue weighted by Crippen LogP contribution is 2.27. The first kappa shape index (κ1) is 31.5. The molecular formula is C22H24F6N4O7. The number of ether oxygens (including phenoxy) is 1. The number of halogens is 6. The summed E-state index contributed by atoms with van der Waals surface area (Å²) in [7, 11) is 0. The van der Waals surface area contributed by atoms with Gasteiger partial charge in [0, 0.05) is 49.7 Å². The summed E-state index contributed by atoms with van der Waals surface area (Å²) in [5, 5.41) is 18.3. The number of amides is 1. The van der Waals surface area contributed by atoms with E-state index in [9.17, 15) is 31.1 Å². The van der Waals surface area contributed by atoms with E-state index in [0.717, 1.165) is 30.1 Å².